The van der Waals surface area contributed by atoms with Crippen LogP contribution in [0.25, 0.3) is 16.8 Å². The van der Waals surface area contributed by atoms with Crippen LogP contribution in [0.15, 0.2) is 53.4 Å². The van der Waals surface area contributed by atoms with E-state index in [0.29, 0.717) is 47.0 Å². The Balaban J connectivity index is 1.64. The fourth-order valence-corrected chi connectivity index (χ4v) is 6.23. The van der Waals surface area contributed by atoms with Crippen LogP contribution in [-0.4, -0.2) is 66.6 Å². The molecule has 0 bridgehead atoms. The number of carbonyl (C=O) groups excluding carboxylic acids is 1. The van der Waals surface area contributed by atoms with Crippen LogP contribution in [0.3, 0.4) is 0 Å². The first-order valence-corrected chi connectivity index (χ1v) is 13.6. The van der Waals surface area contributed by atoms with Gasteiger partial charge in [0.1, 0.15) is 5.75 Å². The molecule has 2 aromatic carbocycles. The molecular formula is C27H29N5O5S. The predicted molar refractivity (Wildman–Crippen MR) is 143 cm³/mol. The molecule has 10 nitrogen and oxygen atoms in total. The second-order valence-corrected chi connectivity index (χ2v) is 11.1. The molecular weight excluding hydrogens is 506 g/mol. The zero-order valence-electron chi connectivity index (χ0n) is 21.7. The number of ether oxygens (including phenoxy) is 2. The molecule has 11 heteroatoms. The molecule has 2 aromatic heterocycles. The Labute approximate surface area is 221 Å². The van der Waals surface area contributed by atoms with Crippen LogP contribution in [0.1, 0.15) is 27.4 Å². The number of benzene rings is 2. The third-order valence-electron chi connectivity index (χ3n) is 6.52. The molecule has 1 fully saturated rings. The normalized spacial score (nSPS) is 14.5. The highest BCUT2D eigenvalue weighted by molar-refractivity contribution is 7.89. The van der Waals surface area contributed by atoms with E-state index in [0.717, 1.165) is 11.4 Å². The van der Waals surface area contributed by atoms with Crippen molar-refractivity contribution in [3.63, 3.8) is 0 Å². The highest BCUT2D eigenvalue weighted by Crippen LogP contribution is 2.33. The smallest absolute Gasteiger partial charge is 0.276 e. The van der Waals surface area contributed by atoms with Gasteiger partial charge in [-0.25, -0.2) is 17.9 Å². The number of fused-ring (bicyclic) bond motifs is 1. The summed E-state index contributed by atoms with van der Waals surface area (Å²) in [7, 11) is -2.20. The number of carbonyl (C=O) groups is 1. The molecule has 0 saturated carbocycles. The standard InChI is InChI=1S/C27H29N5O5S/c1-17-5-6-20(16-23(17)38(34,35)31-11-13-37-14-12-31)24-25(30-32-19(3)15-18(2)28-26(24)32)27(33)29-21-7-9-22(36-4)10-8-21/h5-10,15-16H,11-14H2,1-4H3,(H,29,33). The fraction of sp³-hybridized carbons (Fsp3) is 0.296. The van der Waals surface area contributed by atoms with Crippen LogP contribution in [0.2, 0.25) is 0 Å². The van der Waals surface area contributed by atoms with Crippen molar-refractivity contribution in [3.8, 4) is 16.9 Å². The molecule has 1 aliphatic heterocycles. The first-order valence-electron chi connectivity index (χ1n) is 12.2. The van der Waals surface area contributed by atoms with E-state index in [9.17, 15) is 13.2 Å². The highest BCUT2D eigenvalue weighted by atomic mass is 32.2. The van der Waals surface area contributed by atoms with Gasteiger partial charge in [-0.3, -0.25) is 4.79 Å². The summed E-state index contributed by atoms with van der Waals surface area (Å²) in [6.45, 7) is 6.79. The molecule has 0 atom stereocenters. The number of amides is 1. The molecule has 38 heavy (non-hydrogen) atoms. The van der Waals surface area contributed by atoms with Gasteiger partial charge in [-0.15, -0.1) is 0 Å². The number of nitrogens with one attached hydrogen (secondary N) is 1. The number of hydrogen-bond acceptors (Lipinski definition) is 7. The third-order valence-corrected chi connectivity index (χ3v) is 8.56. The Kier molecular flexibility index (Phi) is 6.91. The third kappa shape index (κ3) is 4.75. The largest absolute Gasteiger partial charge is 0.497 e. The number of methoxy groups -OCH3 is 1. The number of sulfonamides is 1. The molecule has 1 saturated heterocycles. The van der Waals surface area contributed by atoms with Crippen molar-refractivity contribution in [2.24, 2.45) is 0 Å². The number of morpholine rings is 1. The zero-order valence-corrected chi connectivity index (χ0v) is 22.5. The lowest BCUT2D eigenvalue weighted by molar-refractivity contribution is 0.0730. The van der Waals surface area contributed by atoms with E-state index in [2.05, 4.69) is 15.4 Å². The second-order valence-electron chi connectivity index (χ2n) is 9.18. The summed E-state index contributed by atoms with van der Waals surface area (Å²) in [6.07, 6.45) is 0. The first-order chi connectivity index (χ1) is 18.2. The van der Waals surface area contributed by atoms with E-state index in [1.165, 1.54) is 4.31 Å². The SMILES string of the molecule is COc1ccc(NC(=O)c2nn3c(C)cc(C)nc3c2-c2ccc(C)c(S(=O)(=O)N3CCOCC3)c2)cc1. The molecule has 5 rings (SSSR count). The molecule has 4 aromatic rings. The van der Waals surface area contributed by atoms with Crippen molar-refractivity contribution in [3.05, 3.63) is 71.2 Å². The Hall–Kier alpha value is -3.80. The maximum Gasteiger partial charge on any atom is 0.276 e. The number of aromatic nitrogens is 3. The van der Waals surface area contributed by atoms with Crippen LogP contribution in [0, 0.1) is 20.8 Å². The monoisotopic (exact) mass is 535 g/mol. The maximum absolute atomic E-state index is 13.6. The average molecular weight is 536 g/mol. The van der Waals surface area contributed by atoms with Crippen molar-refractivity contribution < 1.29 is 22.7 Å². The van der Waals surface area contributed by atoms with Crippen molar-refractivity contribution in [1.82, 2.24) is 18.9 Å². The summed E-state index contributed by atoms with van der Waals surface area (Å²) < 4.78 is 40.7. The van der Waals surface area contributed by atoms with Crippen molar-refractivity contribution >= 4 is 27.3 Å². The summed E-state index contributed by atoms with van der Waals surface area (Å²) in [5, 5.41) is 7.49. The molecule has 1 N–H and O–H groups in total. The van der Waals surface area contributed by atoms with Gasteiger partial charge in [0.2, 0.25) is 10.0 Å². The van der Waals surface area contributed by atoms with Crippen LogP contribution in [-0.2, 0) is 14.8 Å². The Morgan fingerprint density at radius 1 is 1.03 bits per heavy atom. The van der Waals surface area contributed by atoms with E-state index >= 15 is 0 Å². The lowest BCUT2D eigenvalue weighted by Gasteiger charge is -2.26. The van der Waals surface area contributed by atoms with Crippen molar-refractivity contribution in [2.45, 2.75) is 25.7 Å². The molecule has 3 heterocycles. The van der Waals surface area contributed by atoms with E-state index < -0.39 is 15.9 Å². The van der Waals surface area contributed by atoms with Gasteiger partial charge in [0.15, 0.2) is 11.3 Å². The summed E-state index contributed by atoms with van der Waals surface area (Å²) in [6, 6.07) is 14.0. The quantitative estimate of drug-likeness (QED) is 0.401. The van der Waals surface area contributed by atoms with Crippen LogP contribution >= 0.6 is 0 Å². The Bertz CT molecular complexity index is 1620. The van der Waals surface area contributed by atoms with Crippen molar-refractivity contribution in [2.75, 3.05) is 38.7 Å². The molecule has 1 amide bonds. The number of nitrogens with zero attached hydrogens (tertiary/aromatic N) is 4. The number of aryl methyl sites for hydroxylation is 3. The van der Waals surface area contributed by atoms with E-state index in [4.69, 9.17) is 9.47 Å². The number of hydrogen-bond donors (Lipinski definition) is 1. The van der Waals surface area contributed by atoms with Gasteiger partial charge < -0.3 is 14.8 Å². The van der Waals surface area contributed by atoms with E-state index in [1.54, 1.807) is 61.0 Å². The lowest BCUT2D eigenvalue weighted by Crippen LogP contribution is -2.40. The minimum absolute atomic E-state index is 0.139. The van der Waals surface area contributed by atoms with Gasteiger partial charge >= 0.3 is 0 Å². The first kappa shape index (κ1) is 25.8. The summed E-state index contributed by atoms with van der Waals surface area (Å²) >= 11 is 0. The summed E-state index contributed by atoms with van der Waals surface area (Å²) in [5.41, 5.74) is 4.34. The Morgan fingerprint density at radius 3 is 2.42 bits per heavy atom. The van der Waals surface area contributed by atoms with Gasteiger partial charge in [0.25, 0.3) is 5.91 Å². The van der Waals surface area contributed by atoms with Gasteiger partial charge in [-0.1, -0.05) is 12.1 Å². The molecule has 0 spiro atoms. The zero-order chi connectivity index (χ0) is 27.0. The van der Waals surface area contributed by atoms with Crippen LogP contribution in [0.5, 0.6) is 5.75 Å². The Morgan fingerprint density at radius 2 is 1.74 bits per heavy atom. The maximum atomic E-state index is 13.6. The lowest BCUT2D eigenvalue weighted by atomic mass is 10.0. The van der Waals surface area contributed by atoms with Crippen LogP contribution in [0.4, 0.5) is 5.69 Å². The van der Waals surface area contributed by atoms with Gasteiger partial charge in [0.05, 0.1) is 30.8 Å². The molecule has 198 valence electrons. The fourth-order valence-electron chi connectivity index (χ4n) is 4.57. The molecule has 0 radical (unpaired) electrons. The molecule has 1 aliphatic rings. The topological polar surface area (TPSA) is 115 Å². The minimum atomic E-state index is -3.77. The summed E-state index contributed by atoms with van der Waals surface area (Å²) in [4.78, 5) is 18.4. The van der Waals surface area contributed by atoms with E-state index in [-0.39, 0.29) is 23.7 Å². The molecule has 0 unspecified atom stereocenters. The second kappa shape index (κ2) is 10.2. The van der Waals surface area contributed by atoms with Gasteiger partial charge in [0, 0.05) is 30.2 Å². The number of anilines is 1. The summed E-state index contributed by atoms with van der Waals surface area (Å²) in [5.74, 6) is 0.228. The van der Waals surface area contributed by atoms with E-state index in [1.807, 2.05) is 19.9 Å². The molecule has 0 aliphatic carbocycles. The predicted octanol–water partition coefficient (Wildman–Crippen LogP) is 3.60. The van der Waals surface area contributed by atoms with Gasteiger partial charge in [-0.2, -0.15) is 9.40 Å². The highest BCUT2D eigenvalue weighted by Gasteiger charge is 2.30. The average Bonchev–Trinajstić information content (AvgIpc) is 3.30. The van der Waals surface area contributed by atoms with Crippen LogP contribution < -0.4 is 10.1 Å². The van der Waals surface area contributed by atoms with Crippen molar-refractivity contribution in [1.29, 1.82) is 0 Å². The number of rotatable bonds is 6. The minimum Gasteiger partial charge on any atom is -0.497 e. The van der Waals surface area contributed by atoms with Gasteiger partial charge in [-0.05, 0) is 68.3 Å².